The van der Waals surface area contributed by atoms with Crippen molar-refractivity contribution < 1.29 is 26.7 Å². The largest absolute Gasteiger partial charge is 0.490 e. The molecule has 3 N–H and O–H groups in total. The van der Waals surface area contributed by atoms with Gasteiger partial charge >= 0.3 is 0 Å². The number of sulfonamides is 1. The number of piperidine rings is 1. The van der Waals surface area contributed by atoms with E-state index in [1.807, 2.05) is 6.07 Å². The summed E-state index contributed by atoms with van der Waals surface area (Å²) in [4.78, 5) is 15.1. The highest BCUT2D eigenvalue weighted by atomic mass is 35.5. The first-order chi connectivity index (χ1) is 20.0. The Morgan fingerprint density at radius 1 is 0.952 bits per heavy atom. The van der Waals surface area contributed by atoms with Gasteiger partial charge < -0.3 is 15.4 Å². The van der Waals surface area contributed by atoms with Gasteiger partial charge in [0.1, 0.15) is 5.75 Å². The predicted molar refractivity (Wildman–Crippen MR) is 157 cm³/mol. The summed E-state index contributed by atoms with van der Waals surface area (Å²) in [7, 11) is -4.55. The highest BCUT2D eigenvalue weighted by Gasteiger charge is 2.53. The van der Waals surface area contributed by atoms with E-state index in [0.29, 0.717) is 36.8 Å². The van der Waals surface area contributed by atoms with Gasteiger partial charge in [-0.05, 0) is 98.5 Å². The van der Waals surface area contributed by atoms with E-state index in [1.165, 1.54) is 29.2 Å². The number of ether oxygens (including phenoxy) is 1. The number of carbonyl (C=O) groups is 1. The predicted octanol–water partition coefficient (Wildman–Crippen LogP) is 5.73. The van der Waals surface area contributed by atoms with E-state index in [4.69, 9.17) is 22.1 Å². The number of nitrogens with two attached hydrogens (primary N) is 1. The SMILES string of the molecule is NC1CC2CCC(C1)N2C(=O)[C@@H](NS(=O)(=O)c1ccc2cc(OC3CCCC3)ccc2c1)C(F)(F)c1ccc(Cl)cc1. The van der Waals surface area contributed by atoms with Crippen molar-refractivity contribution in [3.05, 3.63) is 71.2 Å². The molecule has 3 aromatic rings. The van der Waals surface area contributed by atoms with Crippen molar-refractivity contribution in [2.24, 2.45) is 5.73 Å². The highest BCUT2D eigenvalue weighted by Crippen LogP contribution is 2.40. The van der Waals surface area contributed by atoms with Crippen LogP contribution in [0.1, 0.15) is 56.9 Å². The number of carbonyl (C=O) groups excluding carboxylic acids is 1. The van der Waals surface area contributed by atoms with Gasteiger partial charge in [-0.1, -0.05) is 35.9 Å². The number of hydrogen-bond donors (Lipinski definition) is 2. The van der Waals surface area contributed by atoms with Gasteiger partial charge in [0.15, 0.2) is 6.04 Å². The van der Waals surface area contributed by atoms with E-state index in [1.54, 1.807) is 18.2 Å². The molecule has 1 amide bonds. The average Bonchev–Trinajstić information content (AvgIpc) is 3.56. The zero-order chi connectivity index (χ0) is 29.6. The Kier molecular flexibility index (Phi) is 7.93. The molecular weight excluding hydrogens is 584 g/mol. The van der Waals surface area contributed by atoms with Crippen LogP contribution in [0.25, 0.3) is 10.8 Å². The number of nitrogens with zero attached hydrogens (tertiary/aromatic N) is 1. The molecule has 6 rings (SSSR count). The van der Waals surface area contributed by atoms with Crippen LogP contribution in [0.4, 0.5) is 8.78 Å². The molecule has 7 nitrogen and oxygen atoms in total. The Bertz CT molecular complexity index is 1570. The van der Waals surface area contributed by atoms with Crippen molar-refractivity contribution in [1.82, 2.24) is 9.62 Å². The Morgan fingerprint density at radius 3 is 2.24 bits per heavy atom. The van der Waals surface area contributed by atoms with Crippen molar-refractivity contribution in [3.8, 4) is 5.75 Å². The minimum atomic E-state index is -4.55. The van der Waals surface area contributed by atoms with Gasteiger partial charge in [-0.2, -0.15) is 13.5 Å². The van der Waals surface area contributed by atoms with Crippen molar-refractivity contribution in [1.29, 1.82) is 0 Å². The fourth-order valence-electron chi connectivity index (χ4n) is 6.71. The summed E-state index contributed by atoms with van der Waals surface area (Å²) in [5.41, 5.74) is 5.63. The molecule has 2 saturated heterocycles. The first-order valence-corrected chi connectivity index (χ1v) is 16.3. The lowest BCUT2D eigenvalue weighted by Crippen LogP contribution is -2.60. The van der Waals surface area contributed by atoms with Crippen molar-refractivity contribution in [2.45, 2.75) is 92.5 Å². The van der Waals surface area contributed by atoms with Crippen LogP contribution in [-0.4, -0.2) is 49.5 Å². The molecule has 2 bridgehead atoms. The lowest BCUT2D eigenvalue weighted by molar-refractivity contribution is -0.149. The van der Waals surface area contributed by atoms with Crippen molar-refractivity contribution in [3.63, 3.8) is 0 Å². The van der Waals surface area contributed by atoms with Crippen LogP contribution in [0.2, 0.25) is 5.02 Å². The number of halogens is 3. The normalized spacial score (nSPS) is 23.8. The highest BCUT2D eigenvalue weighted by molar-refractivity contribution is 7.89. The van der Waals surface area contributed by atoms with Crippen molar-refractivity contribution in [2.75, 3.05) is 0 Å². The lowest BCUT2D eigenvalue weighted by Gasteiger charge is -2.41. The number of alkyl halides is 2. The van der Waals surface area contributed by atoms with Crippen LogP contribution in [-0.2, 0) is 20.7 Å². The molecular formula is C31H34ClF2N3O4S. The molecule has 42 heavy (non-hydrogen) atoms. The third-order valence-corrected chi connectivity index (χ3v) is 10.5. The van der Waals surface area contributed by atoms with E-state index in [2.05, 4.69) is 4.72 Å². The van der Waals surface area contributed by atoms with E-state index in [9.17, 15) is 13.2 Å². The van der Waals surface area contributed by atoms with Crippen LogP contribution in [0.15, 0.2) is 65.6 Å². The second-order valence-corrected chi connectivity index (χ2v) is 13.9. The fourth-order valence-corrected chi connectivity index (χ4v) is 8.06. The molecule has 1 aliphatic carbocycles. The third kappa shape index (κ3) is 5.74. The monoisotopic (exact) mass is 617 g/mol. The number of rotatable bonds is 8. The molecule has 0 radical (unpaired) electrons. The second-order valence-electron chi connectivity index (χ2n) is 11.7. The molecule has 2 unspecified atom stereocenters. The van der Waals surface area contributed by atoms with Crippen LogP contribution >= 0.6 is 11.6 Å². The summed E-state index contributed by atoms with van der Waals surface area (Å²) in [6.07, 6.45) is 6.74. The Hall–Kier alpha value is -2.79. The molecule has 3 atom stereocenters. The maximum atomic E-state index is 16.2. The smallest absolute Gasteiger partial charge is 0.298 e. The standard InChI is InChI=1S/C31H34ClF2N3O4S/c32-22-9-7-21(8-10-22)31(33,34)29(30(38)37-24-11-12-25(37)18-23(35)17-24)36-42(39,40)28-14-6-19-15-27(13-5-20(19)16-28)41-26-3-1-2-4-26/h5-10,13-16,23-26,29,36H,1-4,11-12,17-18,35H2/t23?,24?,25?,29-/m1/s1. The molecule has 0 spiro atoms. The topological polar surface area (TPSA) is 102 Å². The van der Waals surface area contributed by atoms with Gasteiger partial charge in [-0.15, -0.1) is 0 Å². The van der Waals surface area contributed by atoms with Crippen LogP contribution in [0.3, 0.4) is 0 Å². The molecule has 3 fully saturated rings. The molecule has 2 aliphatic heterocycles. The molecule has 224 valence electrons. The Labute approximate surface area is 249 Å². The van der Waals surface area contributed by atoms with Crippen LogP contribution in [0, 0.1) is 0 Å². The van der Waals surface area contributed by atoms with Gasteiger partial charge in [0.25, 0.3) is 5.92 Å². The van der Waals surface area contributed by atoms with E-state index >= 15 is 8.78 Å². The third-order valence-electron chi connectivity index (χ3n) is 8.83. The first-order valence-electron chi connectivity index (χ1n) is 14.5. The first kappa shape index (κ1) is 29.3. The van der Waals surface area contributed by atoms with Gasteiger partial charge in [0.05, 0.1) is 11.0 Å². The summed E-state index contributed by atoms with van der Waals surface area (Å²) in [6.45, 7) is 0. The number of amides is 1. The second kappa shape index (κ2) is 11.4. The minimum Gasteiger partial charge on any atom is -0.490 e. The van der Waals surface area contributed by atoms with E-state index < -0.39 is 33.5 Å². The van der Waals surface area contributed by atoms with Gasteiger partial charge in [0, 0.05) is 28.7 Å². The summed E-state index contributed by atoms with van der Waals surface area (Å²) in [6, 6.07) is 11.5. The number of fused-ring (bicyclic) bond motifs is 3. The van der Waals surface area contributed by atoms with Crippen LogP contribution in [0.5, 0.6) is 5.75 Å². The van der Waals surface area contributed by atoms with E-state index in [-0.39, 0.29) is 34.1 Å². The maximum Gasteiger partial charge on any atom is 0.298 e. The fraction of sp³-hybridized carbons (Fsp3) is 0.452. The van der Waals surface area contributed by atoms with Crippen LogP contribution < -0.4 is 15.2 Å². The minimum absolute atomic E-state index is 0.125. The molecule has 3 aromatic carbocycles. The number of nitrogens with one attached hydrogen (secondary N) is 1. The lowest BCUT2D eigenvalue weighted by atomic mass is 9.95. The molecule has 11 heteroatoms. The Balaban J connectivity index is 1.31. The number of hydrogen-bond acceptors (Lipinski definition) is 5. The summed E-state index contributed by atoms with van der Waals surface area (Å²) in [5, 5.41) is 1.60. The average molecular weight is 618 g/mol. The van der Waals surface area contributed by atoms with Crippen molar-refractivity contribution >= 4 is 38.3 Å². The zero-order valence-electron chi connectivity index (χ0n) is 23.0. The molecule has 1 saturated carbocycles. The number of benzene rings is 3. The summed E-state index contributed by atoms with van der Waals surface area (Å²) in [5.74, 6) is -4.11. The molecule has 2 heterocycles. The Morgan fingerprint density at radius 2 is 1.57 bits per heavy atom. The quantitative estimate of drug-likeness (QED) is 0.336. The zero-order valence-corrected chi connectivity index (χ0v) is 24.6. The van der Waals surface area contributed by atoms with Gasteiger partial charge in [-0.25, -0.2) is 8.42 Å². The maximum absolute atomic E-state index is 16.2. The molecule has 0 aromatic heterocycles. The van der Waals surface area contributed by atoms with E-state index in [0.717, 1.165) is 43.2 Å². The van der Waals surface area contributed by atoms with Gasteiger partial charge in [-0.3, -0.25) is 4.79 Å². The summed E-state index contributed by atoms with van der Waals surface area (Å²) < 4.78 is 67.8. The van der Waals surface area contributed by atoms with Gasteiger partial charge in [0.2, 0.25) is 15.9 Å². The molecule has 3 aliphatic rings. The summed E-state index contributed by atoms with van der Waals surface area (Å²) >= 11 is 5.92.